The molecule has 14 heteroatoms. The summed E-state index contributed by atoms with van der Waals surface area (Å²) in [6.45, 7) is -1.00. The number of halogens is 6. The fourth-order valence-electron chi connectivity index (χ4n) is 3.60. The summed E-state index contributed by atoms with van der Waals surface area (Å²) in [5.74, 6) is -4.38. The Hall–Kier alpha value is -2.51. The smallest absolute Gasteiger partial charge is 0.484 e. The van der Waals surface area contributed by atoms with Crippen molar-refractivity contribution in [2.45, 2.75) is 55.7 Å². The van der Waals surface area contributed by atoms with Crippen LogP contribution in [0.3, 0.4) is 0 Å². The van der Waals surface area contributed by atoms with Crippen LogP contribution in [0.25, 0.3) is 0 Å². The minimum atomic E-state index is -4.73. The lowest BCUT2D eigenvalue weighted by molar-refractivity contribution is -0.352. The summed E-state index contributed by atoms with van der Waals surface area (Å²) in [7, 11) is 0. The van der Waals surface area contributed by atoms with Crippen LogP contribution in [0.2, 0.25) is 5.02 Å². The van der Waals surface area contributed by atoms with Crippen LogP contribution in [0.4, 0.5) is 22.0 Å². The van der Waals surface area contributed by atoms with E-state index in [-0.39, 0.29) is 24.6 Å². The molecule has 34 heavy (non-hydrogen) atoms. The molecule has 186 valence electrons. The molecule has 0 bridgehead atoms. The SMILES string of the molecule is O=C(COc1ccc(Cl)cc1)N[C@H]1CO[C@H](c2nnc([C@H]3C[C@@H](OC(F)(F)F)C3)o2)CC1(F)F. The van der Waals surface area contributed by atoms with E-state index in [0.717, 1.165) is 0 Å². The molecule has 2 heterocycles. The molecular weight excluding hydrogens is 493 g/mol. The molecule has 2 aliphatic rings. The first kappa shape index (κ1) is 24.6. The highest BCUT2D eigenvalue weighted by molar-refractivity contribution is 6.30. The Balaban J connectivity index is 1.26. The van der Waals surface area contributed by atoms with Crippen LogP contribution in [0.5, 0.6) is 5.75 Å². The highest BCUT2D eigenvalue weighted by atomic mass is 35.5. The second-order valence-corrected chi connectivity index (χ2v) is 8.42. The molecule has 1 aliphatic carbocycles. The number of carbonyl (C=O) groups excluding carboxylic acids is 1. The lowest BCUT2D eigenvalue weighted by Gasteiger charge is -2.35. The minimum Gasteiger partial charge on any atom is -0.484 e. The van der Waals surface area contributed by atoms with Crippen molar-refractivity contribution in [3.05, 3.63) is 41.1 Å². The number of nitrogens with one attached hydrogen (secondary N) is 1. The summed E-state index contributed by atoms with van der Waals surface area (Å²) in [5.41, 5.74) is 0. The van der Waals surface area contributed by atoms with Crippen molar-refractivity contribution in [3.63, 3.8) is 0 Å². The fraction of sp³-hybridized carbons (Fsp3) is 0.550. The average molecular weight is 512 g/mol. The van der Waals surface area contributed by atoms with Crippen LogP contribution in [-0.4, -0.2) is 53.7 Å². The van der Waals surface area contributed by atoms with Gasteiger partial charge >= 0.3 is 6.36 Å². The molecular formula is C20H19ClF5N3O5. The number of alkyl halides is 5. The molecule has 1 saturated heterocycles. The van der Waals surface area contributed by atoms with Gasteiger partial charge in [-0.25, -0.2) is 8.78 Å². The van der Waals surface area contributed by atoms with Crippen LogP contribution in [0, 0.1) is 0 Å². The third kappa shape index (κ3) is 6.13. The van der Waals surface area contributed by atoms with Gasteiger partial charge in [0.2, 0.25) is 11.8 Å². The second-order valence-electron chi connectivity index (χ2n) is 7.98. The van der Waals surface area contributed by atoms with E-state index in [9.17, 15) is 26.7 Å². The van der Waals surface area contributed by atoms with Gasteiger partial charge in [0.1, 0.15) is 17.9 Å². The normalized spacial score (nSPS) is 26.5. The van der Waals surface area contributed by atoms with E-state index in [1.165, 1.54) is 12.1 Å². The molecule has 0 spiro atoms. The van der Waals surface area contributed by atoms with Crippen molar-refractivity contribution in [3.8, 4) is 5.75 Å². The van der Waals surface area contributed by atoms with Gasteiger partial charge in [-0.15, -0.1) is 23.4 Å². The van der Waals surface area contributed by atoms with Crippen molar-refractivity contribution in [1.82, 2.24) is 15.5 Å². The number of rotatable bonds is 7. The summed E-state index contributed by atoms with van der Waals surface area (Å²) in [6.07, 6.45) is -7.75. The lowest BCUT2D eigenvalue weighted by Crippen LogP contribution is -2.55. The standard InChI is InChI=1S/C20H19ClF5N3O5/c21-11-1-3-12(4-2-11)31-9-16(30)27-15-8-32-14(7-19(15,22)23)18-29-28-17(33-18)10-5-13(6-10)34-20(24,25)26/h1-4,10,13-15H,5-9H2,(H,27,30)/t10-,13+,14-,15-/m0/s1. The minimum absolute atomic E-state index is 0.0228. The largest absolute Gasteiger partial charge is 0.522 e. The summed E-state index contributed by atoms with van der Waals surface area (Å²) in [6, 6.07) is 4.58. The zero-order chi connectivity index (χ0) is 24.5. The van der Waals surface area contributed by atoms with Crippen molar-refractivity contribution in [2.75, 3.05) is 13.2 Å². The molecule has 1 aromatic heterocycles. The first-order valence-electron chi connectivity index (χ1n) is 10.2. The summed E-state index contributed by atoms with van der Waals surface area (Å²) in [4.78, 5) is 12.0. The maximum absolute atomic E-state index is 14.7. The van der Waals surface area contributed by atoms with Crippen molar-refractivity contribution < 1.29 is 45.4 Å². The molecule has 1 aromatic carbocycles. The zero-order valence-electron chi connectivity index (χ0n) is 17.4. The number of amides is 1. The van der Waals surface area contributed by atoms with Gasteiger partial charge in [-0.05, 0) is 37.1 Å². The van der Waals surface area contributed by atoms with E-state index < -0.39 is 62.0 Å². The second kappa shape index (κ2) is 9.62. The number of aromatic nitrogens is 2. The predicted octanol–water partition coefficient (Wildman–Crippen LogP) is 4.17. The molecule has 8 nitrogen and oxygen atoms in total. The van der Waals surface area contributed by atoms with Crippen molar-refractivity contribution in [2.24, 2.45) is 0 Å². The maximum atomic E-state index is 14.7. The van der Waals surface area contributed by atoms with Gasteiger partial charge in [0.05, 0.1) is 12.7 Å². The third-order valence-corrected chi connectivity index (χ3v) is 5.68. The van der Waals surface area contributed by atoms with E-state index in [4.69, 9.17) is 25.5 Å². The maximum Gasteiger partial charge on any atom is 0.522 e. The first-order valence-corrected chi connectivity index (χ1v) is 10.6. The summed E-state index contributed by atoms with van der Waals surface area (Å²) in [5, 5.41) is 10.1. The summed E-state index contributed by atoms with van der Waals surface area (Å²) >= 11 is 5.75. The van der Waals surface area contributed by atoms with Crippen LogP contribution in [-0.2, 0) is 14.3 Å². The Morgan fingerprint density at radius 2 is 1.85 bits per heavy atom. The molecule has 2 aromatic rings. The molecule has 0 radical (unpaired) electrons. The fourth-order valence-corrected chi connectivity index (χ4v) is 3.72. The van der Waals surface area contributed by atoms with E-state index in [1.807, 2.05) is 0 Å². The summed E-state index contributed by atoms with van der Waals surface area (Å²) < 4.78 is 85.9. The molecule has 2 atom stereocenters. The molecule has 1 saturated carbocycles. The Morgan fingerprint density at radius 3 is 2.50 bits per heavy atom. The Kier molecular flexibility index (Phi) is 6.97. The monoisotopic (exact) mass is 511 g/mol. The van der Waals surface area contributed by atoms with Crippen LogP contribution in [0.1, 0.15) is 43.1 Å². The lowest BCUT2D eigenvalue weighted by atomic mass is 9.82. The van der Waals surface area contributed by atoms with Crippen molar-refractivity contribution >= 4 is 17.5 Å². The van der Waals surface area contributed by atoms with E-state index in [0.29, 0.717) is 10.8 Å². The Labute approximate surface area is 194 Å². The number of carbonyl (C=O) groups is 1. The van der Waals surface area contributed by atoms with Gasteiger partial charge < -0.3 is 19.2 Å². The van der Waals surface area contributed by atoms with Gasteiger partial charge in [0, 0.05) is 17.4 Å². The first-order chi connectivity index (χ1) is 16.0. The molecule has 2 fully saturated rings. The van der Waals surface area contributed by atoms with Crippen LogP contribution < -0.4 is 10.1 Å². The Morgan fingerprint density at radius 1 is 1.18 bits per heavy atom. The zero-order valence-corrected chi connectivity index (χ0v) is 18.1. The van der Waals surface area contributed by atoms with Gasteiger partial charge in [-0.3, -0.25) is 9.53 Å². The topological polar surface area (TPSA) is 95.7 Å². The Bertz CT molecular complexity index is 997. The van der Waals surface area contributed by atoms with Gasteiger partial charge in [-0.2, -0.15) is 0 Å². The quantitative estimate of drug-likeness (QED) is 0.557. The van der Waals surface area contributed by atoms with Gasteiger partial charge in [-0.1, -0.05) is 11.6 Å². The molecule has 1 amide bonds. The number of benzene rings is 1. The average Bonchev–Trinajstić information content (AvgIpc) is 3.20. The highest BCUT2D eigenvalue weighted by Crippen LogP contribution is 2.42. The van der Waals surface area contributed by atoms with E-state index in [1.54, 1.807) is 12.1 Å². The highest BCUT2D eigenvalue weighted by Gasteiger charge is 2.49. The van der Waals surface area contributed by atoms with Gasteiger partial charge in [0.25, 0.3) is 11.8 Å². The number of hydrogen-bond donors (Lipinski definition) is 1. The van der Waals surface area contributed by atoms with Crippen molar-refractivity contribution in [1.29, 1.82) is 0 Å². The number of hydrogen-bond acceptors (Lipinski definition) is 7. The molecule has 1 aliphatic heterocycles. The third-order valence-electron chi connectivity index (χ3n) is 5.43. The van der Waals surface area contributed by atoms with Crippen LogP contribution >= 0.6 is 11.6 Å². The molecule has 4 rings (SSSR count). The number of ether oxygens (including phenoxy) is 3. The molecule has 1 N–H and O–H groups in total. The number of nitrogens with zero attached hydrogens (tertiary/aromatic N) is 2. The van der Waals surface area contributed by atoms with E-state index >= 15 is 0 Å². The van der Waals surface area contributed by atoms with E-state index in [2.05, 4.69) is 20.3 Å². The predicted molar refractivity (Wildman–Crippen MR) is 104 cm³/mol. The molecule has 0 unspecified atom stereocenters. The van der Waals surface area contributed by atoms with Gasteiger partial charge in [0.15, 0.2) is 6.61 Å². The van der Waals surface area contributed by atoms with Crippen LogP contribution in [0.15, 0.2) is 28.7 Å².